The van der Waals surface area contributed by atoms with Gasteiger partial charge in [0.05, 0.1) is 12.2 Å². The maximum absolute atomic E-state index is 12.2. The van der Waals surface area contributed by atoms with E-state index in [2.05, 4.69) is 4.98 Å². The van der Waals surface area contributed by atoms with E-state index in [9.17, 15) is 9.59 Å². The van der Waals surface area contributed by atoms with Crippen molar-refractivity contribution in [3.05, 3.63) is 23.4 Å². The Morgan fingerprint density at radius 1 is 1.32 bits per heavy atom. The molecule has 0 N–H and O–H groups in total. The number of carbonyl (C=O) groups excluding carboxylic acids is 2. The molecule has 2 heterocycles. The molecule has 120 valence electrons. The summed E-state index contributed by atoms with van der Waals surface area (Å²) in [6.07, 6.45) is 0.413. The van der Waals surface area contributed by atoms with Crippen LogP contribution in [0.3, 0.4) is 0 Å². The average Bonchev–Trinajstić information content (AvgIpc) is 2.43. The molecule has 0 bridgehead atoms. The van der Waals surface area contributed by atoms with Gasteiger partial charge >= 0.3 is 6.09 Å². The van der Waals surface area contributed by atoms with E-state index >= 15 is 0 Å². The Hall–Kier alpha value is -2.11. The highest BCUT2D eigenvalue weighted by Crippen LogP contribution is 2.22. The molecule has 0 saturated carbocycles. The van der Waals surface area contributed by atoms with Crippen molar-refractivity contribution in [1.29, 1.82) is 0 Å². The van der Waals surface area contributed by atoms with Gasteiger partial charge in [0.25, 0.3) is 0 Å². The van der Waals surface area contributed by atoms with Gasteiger partial charge in [-0.05, 0) is 38.8 Å². The van der Waals surface area contributed by atoms with Crippen LogP contribution in [0.2, 0.25) is 0 Å². The number of fused-ring (bicyclic) bond motifs is 1. The van der Waals surface area contributed by atoms with Crippen molar-refractivity contribution in [2.24, 2.45) is 0 Å². The molecular formula is C16H23N3O3. The van der Waals surface area contributed by atoms with Crippen molar-refractivity contribution < 1.29 is 14.3 Å². The zero-order valence-electron chi connectivity index (χ0n) is 13.8. The van der Waals surface area contributed by atoms with E-state index < -0.39 is 5.60 Å². The van der Waals surface area contributed by atoms with Gasteiger partial charge in [0, 0.05) is 20.5 Å². The highest BCUT2D eigenvalue weighted by atomic mass is 16.6. The van der Waals surface area contributed by atoms with Crippen LogP contribution in [0.4, 0.5) is 10.6 Å². The molecule has 0 saturated heterocycles. The SMILES string of the molecule is CC(=O)N(C)c1ccc2c(n1)CN(C(=O)OC(C)(C)C)CC2. The first-order valence-corrected chi connectivity index (χ1v) is 7.38. The van der Waals surface area contributed by atoms with Gasteiger partial charge in [-0.1, -0.05) is 6.07 Å². The summed E-state index contributed by atoms with van der Waals surface area (Å²) in [5.74, 6) is 0.518. The largest absolute Gasteiger partial charge is 0.444 e. The first kappa shape index (κ1) is 16.3. The van der Waals surface area contributed by atoms with Gasteiger partial charge in [-0.15, -0.1) is 0 Å². The van der Waals surface area contributed by atoms with E-state index in [0.29, 0.717) is 18.9 Å². The number of rotatable bonds is 1. The normalized spacial score (nSPS) is 14.3. The molecule has 1 aromatic heterocycles. The summed E-state index contributed by atoms with van der Waals surface area (Å²) in [4.78, 5) is 31.3. The summed E-state index contributed by atoms with van der Waals surface area (Å²) < 4.78 is 5.40. The lowest BCUT2D eigenvalue weighted by atomic mass is 10.1. The third-order valence-corrected chi connectivity index (χ3v) is 3.51. The van der Waals surface area contributed by atoms with E-state index in [1.54, 1.807) is 11.9 Å². The van der Waals surface area contributed by atoms with Gasteiger partial charge in [0.15, 0.2) is 0 Å². The fourth-order valence-electron chi connectivity index (χ4n) is 2.23. The molecule has 6 heteroatoms. The average molecular weight is 305 g/mol. The highest BCUT2D eigenvalue weighted by molar-refractivity contribution is 5.89. The topological polar surface area (TPSA) is 62.7 Å². The molecule has 0 fully saturated rings. The standard InChI is InChI=1S/C16H23N3O3/c1-11(20)18(5)14-7-6-12-8-9-19(10-13(12)17-14)15(21)22-16(2,3)4/h6-7H,8-10H2,1-5H3. The summed E-state index contributed by atoms with van der Waals surface area (Å²) in [5, 5.41) is 0. The van der Waals surface area contributed by atoms with Gasteiger partial charge in [0.2, 0.25) is 5.91 Å². The first-order chi connectivity index (χ1) is 10.2. The smallest absolute Gasteiger partial charge is 0.410 e. The van der Waals surface area contributed by atoms with Gasteiger partial charge < -0.3 is 14.5 Å². The predicted octanol–water partition coefficient (Wildman–Crippen LogP) is 2.36. The van der Waals surface area contributed by atoms with E-state index in [1.165, 1.54) is 11.8 Å². The Balaban J connectivity index is 2.16. The van der Waals surface area contributed by atoms with Crippen molar-refractivity contribution in [3.8, 4) is 0 Å². The number of anilines is 1. The van der Waals surface area contributed by atoms with Gasteiger partial charge in [-0.2, -0.15) is 0 Å². The molecule has 6 nitrogen and oxygen atoms in total. The Kier molecular flexibility index (Phi) is 4.39. The van der Waals surface area contributed by atoms with E-state index in [1.807, 2.05) is 32.9 Å². The molecule has 0 atom stereocenters. The molecule has 1 aliphatic heterocycles. The summed E-state index contributed by atoms with van der Waals surface area (Å²) in [7, 11) is 1.69. The Morgan fingerprint density at radius 3 is 2.59 bits per heavy atom. The zero-order chi connectivity index (χ0) is 16.5. The number of amides is 2. The third kappa shape index (κ3) is 3.75. The Bertz CT molecular complexity index is 593. The number of carbonyl (C=O) groups is 2. The summed E-state index contributed by atoms with van der Waals surface area (Å²) in [6.45, 7) is 8.06. The van der Waals surface area contributed by atoms with Crippen molar-refractivity contribution in [3.63, 3.8) is 0 Å². The summed E-state index contributed by atoms with van der Waals surface area (Å²) >= 11 is 0. The second-order valence-corrected chi connectivity index (χ2v) is 6.51. The van der Waals surface area contributed by atoms with E-state index in [0.717, 1.165) is 17.7 Å². The molecule has 0 unspecified atom stereocenters. The van der Waals surface area contributed by atoms with Gasteiger partial charge in [-0.3, -0.25) is 4.79 Å². The zero-order valence-corrected chi connectivity index (χ0v) is 13.8. The monoisotopic (exact) mass is 305 g/mol. The molecule has 0 aliphatic carbocycles. The van der Waals surface area contributed by atoms with Crippen molar-refractivity contribution in [2.45, 2.75) is 46.3 Å². The molecule has 1 aromatic rings. The molecule has 0 radical (unpaired) electrons. The number of nitrogens with zero attached hydrogens (tertiary/aromatic N) is 3. The number of hydrogen-bond donors (Lipinski definition) is 0. The second-order valence-electron chi connectivity index (χ2n) is 6.51. The summed E-state index contributed by atoms with van der Waals surface area (Å²) in [5.41, 5.74) is 1.42. The second kappa shape index (κ2) is 5.94. The summed E-state index contributed by atoms with van der Waals surface area (Å²) in [6, 6.07) is 3.81. The minimum absolute atomic E-state index is 0.0766. The lowest BCUT2D eigenvalue weighted by molar-refractivity contribution is -0.116. The van der Waals surface area contributed by atoms with Crippen LogP contribution in [0, 0.1) is 0 Å². The minimum atomic E-state index is -0.512. The van der Waals surface area contributed by atoms with Crippen LogP contribution >= 0.6 is 0 Å². The lowest BCUT2D eigenvalue weighted by Crippen LogP contribution is -2.40. The molecule has 0 spiro atoms. The lowest BCUT2D eigenvalue weighted by Gasteiger charge is -2.31. The number of pyridine rings is 1. The molecular weight excluding hydrogens is 282 g/mol. The van der Waals surface area contributed by atoms with E-state index in [4.69, 9.17) is 4.74 Å². The fourth-order valence-corrected chi connectivity index (χ4v) is 2.23. The first-order valence-electron chi connectivity index (χ1n) is 7.38. The predicted molar refractivity (Wildman–Crippen MR) is 83.7 cm³/mol. The minimum Gasteiger partial charge on any atom is -0.444 e. The van der Waals surface area contributed by atoms with Gasteiger partial charge in [-0.25, -0.2) is 9.78 Å². The van der Waals surface area contributed by atoms with Crippen molar-refractivity contribution in [1.82, 2.24) is 9.88 Å². The van der Waals surface area contributed by atoms with Gasteiger partial charge in [0.1, 0.15) is 11.4 Å². The fraction of sp³-hybridized carbons (Fsp3) is 0.562. The van der Waals surface area contributed by atoms with Crippen LogP contribution in [0.15, 0.2) is 12.1 Å². The Labute approximate surface area is 131 Å². The maximum Gasteiger partial charge on any atom is 0.410 e. The van der Waals surface area contributed by atoms with Crippen LogP contribution in [0.25, 0.3) is 0 Å². The molecule has 1 aliphatic rings. The molecule has 0 aromatic carbocycles. The van der Waals surface area contributed by atoms with Crippen LogP contribution in [-0.4, -0.2) is 41.1 Å². The third-order valence-electron chi connectivity index (χ3n) is 3.51. The highest BCUT2D eigenvalue weighted by Gasteiger charge is 2.26. The van der Waals surface area contributed by atoms with Crippen LogP contribution in [0.5, 0.6) is 0 Å². The molecule has 2 rings (SSSR count). The maximum atomic E-state index is 12.2. The van der Waals surface area contributed by atoms with Crippen LogP contribution < -0.4 is 4.90 Å². The van der Waals surface area contributed by atoms with Crippen molar-refractivity contribution in [2.75, 3.05) is 18.5 Å². The molecule has 2 amide bonds. The van der Waals surface area contributed by atoms with Crippen LogP contribution in [-0.2, 0) is 22.5 Å². The van der Waals surface area contributed by atoms with Crippen molar-refractivity contribution >= 4 is 17.8 Å². The quantitative estimate of drug-likeness (QED) is 0.799. The molecule has 22 heavy (non-hydrogen) atoms. The number of hydrogen-bond acceptors (Lipinski definition) is 4. The Morgan fingerprint density at radius 2 is 2.00 bits per heavy atom. The number of ether oxygens (including phenoxy) is 1. The van der Waals surface area contributed by atoms with E-state index in [-0.39, 0.29) is 12.0 Å². The number of aromatic nitrogens is 1. The van der Waals surface area contributed by atoms with Crippen LogP contribution in [0.1, 0.15) is 39.0 Å².